The second kappa shape index (κ2) is 9.41. The van der Waals surface area contributed by atoms with E-state index in [0.717, 1.165) is 24.3 Å². The molecule has 0 aliphatic heterocycles. The minimum absolute atomic E-state index is 0.0882. The molecule has 0 aromatic heterocycles. The van der Waals surface area contributed by atoms with E-state index in [0.29, 0.717) is 0 Å². The van der Waals surface area contributed by atoms with Crippen molar-refractivity contribution in [3.63, 3.8) is 0 Å². The minimum atomic E-state index is -5.13. The van der Waals surface area contributed by atoms with Crippen molar-refractivity contribution < 1.29 is 40.9 Å². The average Bonchev–Trinajstić information content (AvgIpc) is 2.56. The van der Waals surface area contributed by atoms with E-state index in [4.69, 9.17) is 33.0 Å². The predicted molar refractivity (Wildman–Crippen MR) is 88.9 cm³/mol. The lowest BCUT2D eigenvalue weighted by molar-refractivity contribution is -0.121. The first-order valence-corrected chi connectivity index (χ1v) is 10.7. The number of halogens is 4. The molecule has 0 fully saturated rings. The van der Waals surface area contributed by atoms with E-state index in [2.05, 4.69) is 4.52 Å². The number of phosphoric acid groups is 1. The molecule has 0 saturated carbocycles. The highest BCUT2D eigenvalue weighted by molar-refractivity contribution is 7.91. The molecule has 0 aliphatic rings. The van der Waals surface area contributed by atoms with Gasteiger partial charge in [-0.05, 0) is 17.7 Å². The molecule has 8 nitrogen and oxygen atoms in total. The Labute approximate surface area is 157 Å². The third-order valence-corrected chi connectivity index (χ3v) is 5.20. The van der Waals surface area contributed by atoms with Gasteiger partial charge in [-0.1, -0.05) is 35.3 Å². The van der Waals surface area contributed by atoms with Crippen LogP contribution in [0, 0.1) is 0 Å². The highest BCUT2D eigenvalue weighted by Crippen LogP contribution is 2.43. The first kappa shape index (κ1) is 23.2. The molecular weight excluding hydrogens is 442 g/mol. The second-order valence-electron chi connectivity index (χ2n) is 4.88. The van der Waals surface area contributed by atoms with E-state index in [1.54, 1.807) is 0 Å². The summed E-state index contributed by atoms with van der Waals surface area (Å²) >= 11 is 10.7. The maximum atomic E-state index is 13.3. The van der Waals surface area contributed by atoms with Crippen LogP contribution >= 0.6 is 31.0 Å². The zero-order valence-electron chi connectivity index (χ0n) is 12.8. The Hall–Kier alpha value is -0.810. The highest BCUT2D eigenvalue weighted by Gasteiger charge is 2.33. The molecule has 0 spiro atoms. The molecule has 26 heavy (non-hydrogen) atoms. The largest absolute Gasteiger partial charge is 0.470 e. The molecule has 0 aliphatic carbocycles. The fourth-order valence-electron chi connectivity index (χ4n) is 1.88. The van der Waals surface area contributed by atoms with E-state index >= 15 is 0 Å². The summed E-state index contributed by atoms with van der Waals surface area (Å²) in [5.74, 6) is -1.04. The summed E-state index contributed by atoms with van der Waals surface area (Å²) in [6.45, 7) is -1.32. The van der Waals surface area contributed by atoms with Crippen LogP contribution in [-0.2, 0) is 23.7 Å². The normalized spacial score (nSPS) is 14.9. The molecule has 0 bridgehead atoms. The summed E-state index contributed by atoms with van der Waals surface area (Å²) in [6, 6.07) is 0.726. The van der Waals surface area contributed by atoms with Gasteiger partial charge in [0.25, 0.3) is 5.91 Å². The number of phosphoric ester groups is 1. The van der Waals surface area contributed by atoms with Crippen LogP contribution in [0.5, 0.6) is 0 Å². The van der Waals surface area contributed by atoms with E-state index in [1.165, 1.54) is 0 Å². The van der Waals surface area contributed by atoms with Gasteiger partial charge in [-0.2, -0.15) is 0 Å². The van der Waals surface area contributed by atoms with Crippen LogP contribution in [0.1, 0.15) is 11.7 Å². The van der Waals surface area contributed by atoms with E-state index < -0.39 is 58.1 Å². The topological polar surface area (TPSA) is 130 Å². The number of amides is 1. The fraction of sp³-hybridized carbons (Fsp3) is 0.417. The summed E-state index contributed by atoms with van der Waals surface area (Å²) in [5, 5.41) is 2.02. The third-order valence-electron chi connectivity index (χ3n) is 3.02. The summed E-state index contributed by atoms with van der Waals surface area (Å²) in [7, 11) is -9.31. The molecule has 1 amide bonds. The van der Waals surface area contributed by atoms with E-state index in [-0.39, 0.29) is 5.56 Å². The van der Waals surface area contributed by atoms with Crippen molar-refractivity contribution in [3.8, 4) is 0 Å². The van der Waals surface area contributed by atoms with Gasteiger partial charge in [0.05, 0.1) is 10.9 Å². The zero-order valence-corrected chi connectivity index (χ0v) is 16.0. The van der Waals surface area contributed by atoms with Gasteiger partial charge in [0.1, 0.15) is 12.8 Å². The lowest BCUT2D eigenvalue weighted by Crippen LogP contribution is -2.43. The van der Waals surface area contributed by atoms with Gasteiger partial charge in [-0.25, -0.2) is 21.8 Å². The van der Waals surface area contributed by atoms with Crippen LogP contribution in [0.2, 0.25) is 0 Å². The van der Waals surface area contributed by atoms with Crippen molar-refractivity contribution in [1.82, 2.24) is 5.32 Å². The molecule has 3 N–H and O–H groups in total. The van der Waals surface area contributed by atoms with Crippen molar-refractivity contribution in [1.29, 1.82) is 0 Å². The van der Waals surface area contributed by atoms with Gasteiger partial charge >= 0.3 is 7.82 Å². The molecule has 0 unspecified atom stereocenters. The van der Waals surface area contributed by atoms with E-state index in [9.17, 15) is 26.6 Å². The maximum Gasteiger partial charge on any atom is 0.470 e. The summed E-state index contributed by atoms with van der Waals surface area (Å²) in [6.07, 6.45) is -1.71. The molecule has 1 aromatic carbocycles. The maximum absolute atomic E-state index is 13.3. The Kier molecular flexibility index (Phi) is 8.40. The molecule has 0 heterocycles. The Morgan fingerprint density at radius 1 is 1.23 bits per heavy atom. The molecule has 1 aromatic rings. The standard InChI is InChI=1S/C12H14Cl2F2NO7PS/c13-11(14)12(18)17-9(5-15)10(24-25(19,20)21)7-1-3-8(4-2-7)26(22,23)6-16/h1-4,9-11H,5-6H2,(H,17,18)(H2,19,20,21)/t9-,10-/m1/s1. The van der Waals surface area contributed by atoms with Crippen LogP contribution in [-0.4, -0.2) is 47.7 Å². The summed E-state index contributed by atoms with van der Waals surface area (Å²) in [5.41, 5.74) is -0.0882. The number of benzene rings is 1. The molecular formula is C12H14Cl2F2NO7PS. The van der Waals surface area contributed by atoms with Crippen molar-refractivity contribution >= 4 is 46.8 Å². The third kappa shape index (κ3) is 6.73. The van der Waals surface area contributed by atoms with Crippen LogP contribution in [0.15, 0.2) is 29.2 Å². The van der Waals surface area contributed by atoms with Crippen LogP contribution in [0.3, 0.4) is 0 Å². The Bertz CT molecular complexity index is 772. The van der Waals surface area contributed by atoms with Gasteiger partial charge < -0.3 is 15.1 Å². The number of sulfone groups is 1. The van der Waals surface area contributed by atoms with E-state index in [1.807, 2.05) is 5.32 Å². The monoisotopic (exact) mass is 455 g/mol. The minimum Gasteiger partial charge on any atom is -0.345 e. The first-order chi connectivity index (χ1) is 11.9. The van der Waals surface area contributed by atoms with Crippen LogP contribution < -0.4 is 5.32 Å². The van der Waals surface area contributed by atoms with Crippen molar-refractivity contribution in [2.45, 2.75) is 21.9 Å². The molecule has 1 rings (SSSR count). The molecule has 2 atom stereocenters. The molecule has 0 saturated heterocycles. The lowest BCUT2D eigenvalue weighted by Gasteiger charge is -2.27. The number of carbonyl (C=O) groups is 1. The number of nitrogens with one attached hydrogen (secondary N) is 1. The predicted octanol–water partition coefficient (Wildman–Crippen LogP) is 1.80. The molecule has 148 valence electrons. The summed E-state index contributed by atoms with van der Waals surface area (Å²) < 4.78 is 64.4. The first-order valence-electron chi connectivity index (χ1n) is 6.68. The van der Waals surface area contributed by atoms with Gasteiger partial charge in [-0.15, -0.1) is 0 Å². The summed E-state index contributed by atoms with van der Waals surface area (Å²) in [4.78, 5) is 27.6. The SMILES string of the molecule is O=C(N[C@H](CF)[C@H](OP(=O)(O)O)c1ccc(S(=O)(=O)CF)cc1)C(Cl)Cl. The zero-order chi connectivity index (χ0) is 20.1. The average molecular weight is 456 g/mol. The number of hydrogen-bond donors (Lipinski definition) is 3. The van der Waals surface area contributed by atoms with Gasteiger partial charge in [-0.3, -0.25) is 9.32 Å². The van der Waals surface area contributed by atoms with Crippen LogP contribution in [0.25, 0.3) is 0 Å². The van der Waals surface area contributed by atoms with Crippen molar-refractivity contribution in [2.75, 3.05) is 12.7 Å². The number of alkyl halides is 4. The smallest absolute Gasteiger partial charge is 0.345 e. The number of hydrogen-bond acceptors (Lipinski definition) is 5. The second-order valence-corrected chi connectivity index (χ2v) is 9.09. The van der Waals surface area contributed by atoms with Gasteiger partial charge in [0, 0.05) is 0 Å². The highest BCUT2D eigenvalue weighted by atomic mass is 35.5. The Balaban J connectivity index is 3.24. The van der Waals surface area contributed by atoms with Crippen molar-refractivity contribution in [2.24, 2.45) is 0 Å². The number of carbonyl (C=O) groups excluding carboxylic acids is 1. The number of rotatable bonds is 9. The van der Waals surface area contributed by atoms with Gasteiger partial charge in [0.2, 0.25) is 9.84 Å². The molecule has 14 heteroatoms. The Morgan fingerprint density at radius 3 is 2.15 bits per heavy atom. The quantitative estimate of drug-likeness (QED) is 0.382. The Morgan fingerprint density at radius 2 is 1.77 bits per heavy atom. The van der Waals surface area contributed by atoms with Crippen LogP contribution in [0.4, 0.5) is 8.78 Å². The molecule has 0 radical (unpaired) electrons. The lowest BCUT2D eigenvalue weighted by atomic mass is 10.0. The van der Waals surface area contributed by atoms with Gasteiger partial charge in [0.15, 0.2) is 10.8 Å². The fourth-order valence-corrected chi connectivity index (χ4v) is 3.25. The van der Waals surface area contributed by atoms with Crippen molar-refractivity contribution in [3.05, 3.63) is 29.8 Å².